The number of sulfonamides is 1. The number of alkyl halides is 1. The number of hydrogen-bond donors (Lipinski definition) is 3. The first-order valence-corrected chi connectivity index (χ1v) is 10.7. The van der Waals surface area contributed by atoms with Gasteiger partial charge in [0, 0.05) is 44.0 Å². The molecule has 1 aromatic rings. The van der Waals surface area contributed by atoms with Crippen LogP contribution < -0.4 is 21.7 Å². The Hall–Kier alpha value is -1.82. The third-order valence-electron chi connectivity index (χ3n) is 5.51. The van der Waals surface area contributed by atoms with Crippen LogP contribution in [0.5, 0.6) is 0 Å². The first-order valence-electron chi connectivity index (χ1n) is 9.16. The van der Waals surface area contributed by atoms with Gasteiger partial charge in [0.1, 0.15) is 0 Å². The number of halogens is 1. The average Bonchev–Trinajstić information content (AvgIpc) is 2.98. The molecule has 28 heavy (non-hydrogen) atoms. The monoisotopic (exact) mass is 415 g/mol. The number of likely N-dealkylation sites (N-methyl/N-ethyl adjacent to an activating group) is 1. The predicted octanol–water partition coefficient (Wildman–Crippen LogP) is -0.228. The van der Waals surface area contributed by atoms with Gasteiger partial charge in [-0.1, -0.05) is 6.92 Å². The van der Waals surface area contributed by atoms with Crippen LogP contribution in [0.15, 0.2) is 23.1 Å². The lowest BCUT2D eigenvalue weighted by molar-refractivity contribution is -0.116. The third kappa shape index (κ3) is 4.12. The highest BCUT2D eigenvalue weighted by atomic mass is 32.2. The van der Waals surface area contributed by atoms with Crippen LogP contribution >= 0.6 is 0 Å². The van der Waals surface area contributed by atoms with E-state index in [1.54, 1.807) is 13.1 Å². The van der Waals surface area contributed by atoms with Gasteiger partial charge in [-0.3, -0.25) is 15.0 Å². The summed E-state index contributed by atoms with van der Waals surface area (Å²) in [4.78, 5) is 23.9. The van der Waals surface area contributed by atoms with Crippen molar-refractivity contribution in [2.24, 2.45) is 18.9 Å². The number of aryl methyl sites for hydroxylation is 1. The zero-order valence-corrected chi connectivity index (χ0v) is 16.9. The molecule has 3 rings (SSSR count). The molecule has 2 heterocycles. The number of hydrazine groups is 1. The van der Waals surface area contributed by atoms with E-state index in [1.165, 1.54) is 23.9 Å². The standard InChI is InChI=1S/C17H26FN5O4S/c1-10-6-12-16(20-21-17(12)18)13(7-10)28(26,27)23(3)9-14(24)19-11-4-5-22(2)15(25)8-11/h4-5,8,10,12-13,16-17,20-21H,6-7,9H2,1-3H3,(H,19,24). The number of fused-ring (bicyclic) bond motifs is 1. The van der Waals surface area contributed by atoms with Gasteiger partial charge >= 0.3 is 0 Å². The lowest BCUT2D eigenvalue weighted by Gasteiger charge is -2.37. The van der Waals surface area contributed by atoms with E-state index in [4.69, 9.17) is 0 Å². The highest BCUT2D eigenvalue weighted by Gasteiger charge is 2.50. The fraction of sp³-hybridized carbons (Fsp3) is 0.647. The molecule has 9 nitrogen and oxygen atoms in total. The summed E-state index contributed by atoms with van der Waals surface area (Å²) in [6.45, 7) is 1.51. The molecule has 2 aliphatic rings. The van der Waals surface area contributed by atoms with Crippen LogP contribution in [0.25, 0.3) is 0 Å². The normalized spacial score (nSPS) is 30.2. The zero-order chi connectivity index (χ0) is 20.6. The number of hydrogen-bond acceptors (Lipinski definition) is 6. The van der Waals surface area contributed by atoms with Crippen LogP contribution in [0, 0.1) is 11.8 Å². The Kier molecular flexibility index (Phi) is 5.89. The Morgan fingerprint density at radius 3 is 2.79 bits per heavy atom. The maximum Gasteiger partial charge on any atom is 0.252 e. The van der Waals surface area contributed by atoms with E-state index in [-0.39, 0.29) is 11.5 Å². The molecule has 1 saturated carbocycles. The van der Waals surface area contributed by atoms with Gasteiger partial charge in [0.15, 0.2) is 6.30 Å². The van der Waals surface area contributed by atoms with E-state index in [0.29, 0.717) is 18.5 Å². The summed E-state index contributed by atoms with van der Waals surface area (Å²) in [6, 6.07) is 2.27. The van der Waals surface area contributed by atoms with Crippen molar-refractivity contribution in [3.05, 3.63) is 28.7 Å². The highest BCUT2D eigenvalue weighted by Crippen LogP contribution is 2.38. The van der Waals surface area contributed by atoms with Gasteiger partial charge in [0.05, 0.1) is 11.8 Å². The zero-order valence-electron chi connectivity index (χ0n) is 16.1. The predicted molar refractivity (Wildman–Crippen MR) is 102 cm³/mol. The summed E-state index contributed by atoms with van der Waals surface area (Å²) < 4.78 is 42.5. The first-order chi connectivity index (χ1) is 13.1. The Bertz CT molecular complexity index is 905. The number of nitrogens with one attached hydrogen (secondary N) is 3. The van der Waals surface area contributed by atoms with Crippen LogP contribution in [0.4, 0.5) is 10.1 Å². The van der Waals surface area contributed by atoms with Crippen molar-refractivity contribution in [1.29, 1.82) is 0 Å². The van der Waals surface area contributed by atoms with Gasteiger partial charge in [0.25, 0.3) is 5.56 Å². The van der Waals surface area contributed by atoms with Gasteiger partial charge in [0.2, 0.25) is 15.9 Å². The number of pyridine rings is 1. The highest BCUT2D eigenvalue weighted by molar-refractivity contribution is 7.89. The molecule has 0 aromatic carbocycles. The van der Waals surface area contributed by atoms with Crippen LogP contribution in [0.3, 0.4) is 0 Å². The average molecular weight is 415 g/mol. The van der Waals surface area contributed by atoms with E-state index in [2.05, 4.69) is 16.2 Å². The van der Waals surface area contributed by atoms with Crippen molar-refractivity contribution in [1.82, 2.24) is 19.7 Å². The van der Waals surface area contributed by atoms with E-state index in [0.717, 1.165) is 4.31 Å². The Morgan fingerprint density at radius 2 is 2.11 bits per heavy atom. The van der Waals surface area contributed by atoms with Crippen molar-refractivity contribution < 1.29 is 17.6 Å². The SMILES string of the molecule is CC1CC2C(F)NNC2C(S(=O)(=O)N(C)CC(=O)Nc2ccn(C)c(=O)c2)C1. The van der Waals surface area contributed by atoms with E-state index < -0.39 is 46.0 Å². The summed E-state index contributed by atoms with van der Waals surface area (Å²) >= 11 is 0. The molecule has 0 spiro atoms. The Labute approximate surface area is 163 Å². The maximum atomic E-state index is 14.0. The van der Waals surface area contributed by atoms with Crippen molar-refractivity contribution in [3.8, 4) is 0 Å². The van der Waals surface area contributed by atoms with E-state index in [9.17, 15) is 22.4 Å². The Morgan fingerprint density at radius 1 is 1.39 bits per heavy atom. The molecule has 156 valence electrons. The third-order valence-corrected chi connectivity index (χ3v) is 7.75. The minimum atomic E-state index is -3.84. The molecule has 1 aliphatic heterocycles. The molecule has 2 fully saturated rings. The van der Waals surface area contributed by atoms with Crippen LogP contribution in [-0.2, 0) is 21.9 Å². The van der Waals surface area contributed by atoms with Gasteiger partial charge in [-0.25, -0.2) is 18.2 Å². The van der Waals surface area contributed by atoms with Gasteiger partial charge in [-0.15, -0.1) is 0 Å². The van der Waals surface area contributed by atoms with Crippen LogP contribution in [0.2, 0.25) is 0 Å². The molecule has 5 atom stereocenters. The van der Waals surface area contributed by atoms with Crippen molar-refractivity contribution in [3.63, 3.8) is 0 Å². The molecular formula is C17H26FN5O4S. The van der Waals surface area contributed by atoms with Crippen LogP contribution in [-0.4, -0.2) is 54.4 Å². The second-order valence-corrected chi connectivity index (χ2v) is 9.97. The lowest BCUT2D eigenvalue weighted by Crippen LogP contribution is -2.54. The second-order valence-electron chi connectivity index (χ2n) is 7.71. The lowest BCUT2D eigenvalue weighted by atomic mass is 9.79. The van der Waals surface area contributed by atoms with Gasteiger partial charge in [-0.05, 0) is 24.8 Å². The molecule has 1 amide bonds. The van der Waals surface area contributed by atoms with E-state index in [1.807, 2.05) is 6.92 Å². The largest absolute Gasteiger partial charge is 0.325 e. The van der Waals surface area contributed by atoms with Crippen molar-refractivity contribution in [2.45, 2.75) is 37.4 Å². The fourth-order valence-corrected chi connectivity index (χ4v) is 5.94. The summed E-state index contributed by atoms with van der Waals surface area (Å²) in [5, 5.41) is 1.71. The molecular weight excluding hydrogens is 389 g/mol. The number of amides is 1. The molecule has 0 bridgehead atoms. The molecule has 1 saturated heterocycles. The fourth-order valence-electron chi connectivity index (χ4n) is 3.97. The summed E-state index contributed by atoms with van der Waals surface area (Å²) in [5.74, 6) is -0.921. The molecule has 5 unspecified atom stereocenters. The molecule has 3 N–H and O–H groups in total. The number of carbonyl (C=O) groups excluding carboxylic acids is 1. The summed E-state index contributed by atoms with van der Waals surface area (Å²) in [7, 11) is -0.918. The Balaban J connectivity index is 1.69. The number of carbonyl (C=O) groups is 1. The number of aromatic nitrogens is 1. The number of anilines is 1. The van der Waals surface area contributed by atoms with Crippen molar-refractivity contribution >= 4 is 21.6 Å². The van der Waals surface area contributed by atoms with Crippen LogP contribution in [0.1, 0.15) is 19.8 Å². The topological polar surface area (TPSA) is 113 Å². The second kappa shape index (κ2) is 7.90. The molecule has 1 aliphatic carbocycles. The summed E-state index contributed by atoms with van der Waals surface area (Å²) in [6.07, 6.45) is 1.21. The van der Waals surface area contributed by atoms with E-state index >= 15 is 0 Å². The summed E-state index contributed by atoms with van der Waals surface area (Å²) in [5.41, 5.74) is 5.28. The minimum Gasteiger partial charge on any atom is -0.325 e. The van der Waals surface area contributed by atoms with Gasteiger partial charge < -0.3 is 9.88 Å². The number of rotatable bonds is 5. The van der Waals surface area contributed by atoms with Gasteiger partial charge in [-0.2, -0.15) is 4.31 Å². The van der Waals surface area contributed by atoms with Crippen molar-refractivity contribution in [2.75, 3.05) is 18.9 Å². The molecule has 0 radical (unpaired) electrons. The quantitative estimate of drug-likeness (QED) is 0.573. The molecule has 11 heteroatoms. The number of nitrogens with zero attached hydrogens (tertiary/aromatic N) is 2. The first kappa shape index (κ1) is 20.9. The minimum absolute atomic E-state index is 0.0590. The maximum absolute atomic E-state index is 14.0. The smallest absolute Gasteiger partial charge is 0.252 e. The molecule has 1 aromatic heterocycles.